The van der Waals surface area contributed by atoms with Gasteiger partial charge in [-0.2, -0.15) is 0 Å². The molecule has 1 saturated heterocycles. The number of aromatic nitrogens is 1. The van der Waals surface area contributed by atoms with Crippen LogP contribution >= 0.6 is 11.3 Å². The van der Waals surface area contributed by atoms with Crippen LogP contribution in [0.2, 0.25) is 0 Å². The first kappa shape index (κ1) is 51.9. The minimum absolute atomic E-state index is 0.0589. The second kappa shape index (κ2) is 25.6. The summed E-state index contributed by atoms with van der Waals surface area (Å²) in [6.45, 7) is 17.5. The lowest BCUT2D eigenvalue weighted by Gasteiger charge is -2.40. The Balaban J connectivity index is 1.90. The van der Waals surface area contributed by atoms with Crippen molar-refractivity contribution in [2.45, 2.75) is 163 Å². The lowest BCUT2D eigenvalue weighted by molar-refractivity contribution is -0.147. The number of thiazole rings is 1. The number of rotatable bonds is 27. The predicted octanol–water partition coefficient (Wildman–Crippen LogP) is 6.65. The number of likely N-dealkylation sites (N-methyl/N-ethyl adjacent to an activating group) is 1. The number of carboxylic acid groups (broad SMARTS) is 1. The second-order valence-corrected chi connectivity index (χ2v) is 18.8. The molecule has 3 rings (SSSR count). The van der Waals surface area contributed by atoms with Crippen LogP contribution in [0.15, 0.2) is 29.6 Å². The molecule has 1 aliphatic rings. The molecule has 0 spiro atoms. The first-order valence-corrected chi connectivity index (χ1v) is 23.5. The number of anilines is 1. The summed E-state index contributed by atoms with van der Waals surface area (Å²) in [6.07, 6.45) is 7.00. The van der Waals surface area contributed by atoms with Crippen LogP contribution in [-0.4, -0.2) is 106 Å². The van der Waals surface area contributed by atoms with Crippen molar-refractivity contribution in [1.82, 2.24) is 25.4 Å². The van der Waals surface area contributed by atoms with Gasteiger partial charge in [0.2, 0.25) is 17.7 Å². The zero-order valence-corrected chi connectivity index (χ0v) is 39.2. The fraction of sp³-hybridized carbons (Fsp3) is 0.717. The monoisotopic (exact) mass is 872 g/mol. The van der Waals surface area contributed by atoms with E-state index in [1.165, 1.54) is 11.3 Å². The molecule has 0 radical (unpaired) electrons. The van der Waals surface area contributed by atoms with Crippen LogP contribution in [0.4, 0.5) is 5.69 Å². The number of hydrogen-bond acceptors (Lipinski definition) is 11. The summed E-state index contributed by atoms with van der Waals surface area (Å²) in [7, 11) is 1.98. The highest BCUT2D eigenvalue weighted by Crippen LogP contribution is 2.33. The molecule has 1 aromatic heterocycles. The lowest BCUT2D eigenvalue weighted by Crippen LogP contribution is -2.59. The van der Waals surface area contributed by atoms with E-state index in [0.29, 0.717) is 42.4 Å². The smallest absolute Gasteiger partial charge is 0.309 e. The number of ether oxygens (including phenoxy) is 1. The number of hydrogen-bond donors (Lipinski definition) is 6. The Labute approximate surface area is 369 Å². The molecule has 0 aliphatic carbocycles. The van der Waals surface area contributed by atoms with Crippen LogP contribution in [0.1, 0.15) is 148 Å². The summed E-state index contributed by atoms with van der Waals surface area (Å²) in [5.74, 6) is -1.40. The van der Waals surface area contributed by atoms with Gasteiger partial charge in [-0.3, -0.25) is 29.4 Å². The van der Waals surface area contributed by atoms with Crippen LogP contribution in [0.3, 0.4) is 0 Å². The number of unbranched alkanes of at least 4 members (excludes halogenated alkanes) is 3. The largest absolute Gasteiger partial charge is 0.481 e. The highest BCUT2D eigenvalue weighted by molar-refractivity contribution is 7.09. The molecule has 61 heavy (non-hydrogen) atoms. The number of aliphatic hydroxyl groups excluding tert-OH is 1. The molecule has 1 fully saturated rings. The van der Waals surface area contributed by atoms with E-state index in [0.717, 1.165) is 63.5 Å². The van der Waals surface area contributed by atoms with Gasteiger partial charge in [-0.25, -0.2) is 4.98 Å². The quantitative estimate of drug-likeness (QED) is 0.0415. The number of likely N-dealkylation sites (tertiary alicyclic amines) is 1. The number of aliphatic hydroxyl groups is 1. The Bertz CT molecular complexity index is 1650. The van der Waals surface area contributed by atoms with Gasteiger partial charge in [0.25, 0.3) is 0 Å². The van der Waals surface area contributed by atoms with E-state index in [1.54, 1.807) is 31.4 Å². The second-order valence-electron chi connectivity index (χ2n) is 17.9. The molecule has 7 atom stereocenters. The molecule has 1 aromatic carbocycles. The third-order valence-corrected chi connectivity index (χ3v) is 13.1. The predicted molar refractivity (Wildman–Crippen MR) is 243 cm³/mol. The van der Waals surface area contributed by atoms with Crippen molar-refractivity contribution in [1.29, 1.82) is 0 Å². The number of aliphatic carboxylic acids is 1. The number of carbonyl (C=O) groups excluding carboxylic acids is 3. The summed E-state index contributed by atoms with van der Waals surface area (Å²) in [5, 5.41) is 33.2. The Morgan fingerprint density at radius 1 is 1.07 bits per heavy atom. The number of benzene rings is 1. The van der Waals surface area contributed by atoms with Gasteiger partial charge in [0.1, 0.15) is 23.4 Å². The number of amides is 3. The van der Waals surface area contributed by atoms with E-state index in [4.69, 9.17) is 15.5 Å². The first-order valence-electron chi connectivity index (χ1n) is 22.6. The van der Waals surface area contributed by atoms with Crippen LogP contribution in [-0.2, 0) is 30.3 Å². The van der Waals surface area contributed by atoms with Crippen molar-refractivity contribution in [2.24, 2.45) is 23.0 Å². The average Bonchev–Trinajstić information content (AvgIpc) is 3.72. The number of nitrogens with one attached hydrogen (secondary N) is 3. The van der Waals surface area contributed by atoms with E-state index in [1.807, 2.05) is 37.9 Å². The highest BCUT2D eigenvalue weighted by Gasteiger charge is 2.38. The van der Waals surface area contributed by atoms with Crippen molar-refractivity contribution in [3.63, 3.8) is 0 Å². The minimum Gasteiger partial charge on any atom is -0.481 e. The first-order chi connectivity index (χ1) is 29.0. The van der Waals surface area contributed by atoms with Crippen LogP contribution in [0.5, 0.6) is 0 Å². The number of nitrogens with zero attached hydrogens (tertiary/aromatic N) is 3. The van der Waals surface area contributed by atoms with Gasteiger partial charge in [0.05, 0.1) is 23.7 Å². The fourth-order valence-electron chi connectivity index (χ4n) is 8.08. The molecule has 7 N–H and O–H groups in total. The average molecular weight is 872 g/mol. The fourth-order valence-corrected chi connectivity index (χ4v) is 8.98. The highest BCUT2D eigenvalue weighted by atomic mass is 32.1. The van der Waals surface area contributed by atoms with Crippen molar-refractivity contribution in [3.05, 3.63) is 45.9 Å². The summed E-state index contributed by atoms with van der Waals surface area (Å²) in [6, 6.07) is 5.65. The molecular weight excluding hydrogens is 795 g/mol. The van der Waals surface area contributed by atoms with Gasteiger partial charge in [-0.05, 0) is 96.0 Å². The molecule has 344 valence electrons. The Hall–Kier alpha value is -3.47. The lowest BCUT2D eigenvalue weighted by atomic mass is 9.84. The maximum Gasteiger partial charge on any atom is 0.309 e. The Morgan fingerprint density at radius 3 is 2.36 bits per heavy atom. The number of nitrogens with two attached hydrogens (primary N) is 1. The van der Waals surface area contributed by atoms with E-state index in [2.05, 4.69) is 48.5 Å². The molecule has 1 unspecified atom stereocenters. The van der Waals surface area contributed by atoms with E-state index in [-0.39, 0.29) is 54.6 Å². The number of carbonyl (C=O) groups is 4. The zero-order chi connectivity index (χ0) is 45.3. The molecule has 0 saturated carbocycles. The van der Waals surface area contributed by atoms with Crippen LogP contribution < -0.4 is 21.7 Å². The maximum atomic E-state index is 14.9. The molecule has 2 aromatic rings. The van der Waals surface area contributed by atoms with E-state index in [9.17, 15) is 29.4 Å². The molecule has 3 amide bonds. The van der Waals surface area contributed by atoms with Gasteiger partial charge < -0.3 is 36.2 Å². The SMILES string of the molecule is CCCCCCN(C(=O)[C@@H](NC(=O)[C@H]1CCCCN1C)[C@@H](C)CC)[C@H](C[C@@H](OCC)c1nc(C(O)N[C@@H](Cc2ccc(NC(=O)CN)cc2)CC(C)(C)C(=O)O)cs1)C(C)C. The Morgan fingerprint density at radius 2 is 1.77 bits per heavy atom. The maximum absolute atomic E-state index is 14.9. The van der Waals surface area contributed by atoms with Crippen molar-refractivity contribution in [2.75, 3.05) is 38.6 Å². The van der Waals surface area contributed by atoms with Gasteiger partial charge in [-0.1, -0.05) is 78.9 Å². The topological polar surface area (TPSA) is 199 Å². The molecule has 2 heterocycles. The summed E-state index contributed by atoms with van der Waals surface area (Å²) in [4.78, 5) is 61.6. The van der Waals surface area contributed by atoms with Gasteiger partial charge in [-0.15, -0.1) is 11.3 Å². The van der Waals surface area contributed by atoms with Crippen molar-refractivity contribution >= 4 is 40.7 Å². The summed E-state index contributed by atoms with van der Waals surface area (Å²) >= 11 is 1.38. The zero-order valence-electron chi connectivity index (χ0n) is 38.4. The van der Waals surface area contributed by atoms with Crippen LogP contribution in [0.25, 0.3) is 0 Å². The van der Waals surface area contributed by atoms with Crippen molar-refractivity contribution in [3.8, 4) is 0 Å². The van der Waals surface area contributed by atoms with Gasteiger partial charge in [0.15, 0.2) is 0 Å². The summed E-state index contributed by atoms with van der Waals surface area (Å²) in [5.41, 5.74) is 6.22. The normalized spacial score (nSPS) is 17.9. The molecule has 15 heteroatoms. The Kier molecular flexibility index (Phi) is 21.8. The van der Waals surface area contributed by atoms with Gasteiger partial charge >= 0.3 is 5.97 Å². The van der Waals surface area contributed by atoms with E-state index >= 15 is 0 Å². The number of carboxylic acids is 1. The molecule has 1 aliphatic heterocycles. The summed E-state index contributed by atoms with van der Waals surface area (Å²) < 4.78 is 6.39. The van der Waals surface area contributed by atoms with Crippen LogP contribution in [0, 0.1) is 17.3 Å². The third-order valence-electron chi connectivity index (χ3n) is 12.1. The molecule has 0 bridgehead atoms. The van der Waals surface area contributed by atoms with Gasteiger partial charge in [0, 0.05) is 42.7 Å². The van der Waals surface area contributed by atoms with Crippen molar-refractivity contribution < 1.29 is 34.1 Å². The van der Waals surface area contributed by atoms with E-state index < -0.39 is 35.8 Å². The number of piperidine rings is 1. The minimum atomic E-state index is -1.20. The third kappa shape index (κ3) is 16.0. The molecular formula is C46H77N7O7S. The molecule has 14 nitrogen and oxygen atoms in total. The standard InChI is InChI=1S/C46H77N7O7S/c1-10-13-14-16-24-53(44(57)40(31(6)11-2)51-42(56)36-18-15-17-23-52(36)9)37(30(4)5)26-38(60-12-3)43-50-35(29-61-43)41(55)49-34(27-46(7,8)45(58)59)25-32-19-21-33(22-20-32)48-39(54)28-47/h19-22,29-31,34,36-38,40-41,49,55H,10-18,23-28,47H2,1-9H3,(H,48,54)(H,51,56)(H,58,59)/t31-,34-,36+,37+,38+,40-,41?/m0/s1.